The summed E-state index contributed by atoms with van der Waals surface area (Å²) in [6.45, 7) is 1.58. The highest BCUT2D eigenvalue weighted by atomic mass is 16.5. The number of benzene rings is 2. The van der Waals surface area contributed by atoms with Crippen LogP contribution >= 0.6 is 0 Å². The third-order valence-corrected chi connectivity index (χ3v) is 4.50. The second-order valence-corrected chi connectivity index (χ2v) is 6.11. The molecule has 0 saturated carbocycles. The monoisotopic (exact) mass is 342 g/mol. The zero-order chi connectivity index (χ0) is 18.1. The zero-order valence-electron chi connectivity index (χ0n) is 14.6. The van der Waals surface area contributed by atoms with Gasteiger partial charge in [0.15, 0.2) is 5.78 Å². The van der Waals surface area contributed by atoms with Gasteiger partial charge in [0, 0.05) is 11.1 Å². The first-order valence-corrected chi connectivity index (χ1v) is 8.39. The Labute approximate surface area is 151 Å². The van der Waals surface area contributed by atoms with Gasteiger partial charge in [-0.1, -0.05) is 30.3 Å². The molecule has 0 aliphatic heterocycles. The number of pyridine rings is 1. The van der Waals surface area contributed by atoms with Crippen LogP contribution < -0.4 is 4.74 Å². The molecule has 0 amide bonds. The second kappa shape index (κ2) is 6.48. The van der Waals surface area contributed by atoms with Crippen molar-refractivity contribution in [2.24, 2.45) is 0 Å². The first-order chi connectivity index (χ1) is 12.7. The van der Waals surface area contributed by atoms with Crippen molar-refractivity contribution >= 4 is 11.4 Å². The Morgan fingerprint density at radius 2 is 1.54 bits per heavy atom. The van der Waals surface area contributed by atoms with Crippen molar-refractivity contribution in [3.63, 3.8) is 0 Å². The molecule has 0 saturated heterocycles. The number of nitrogens with zero attached hydrogens (tertiary/aromatic N) is 2. The molecule has 2 aromatic heterocycles. The van der Waals surface area contributed by atoms with E-state index in [1.807, 2.05) is 66.9 Å². The van der Waals surface area contributed by atoms with Gasteiger partial charge in [0.2, 0.25) is 0 Å². The van der Waals surface area contributed by atoms with Crippen LogP contribution in [-0.2, 0) is 0 Å². The van der Waals surface area contributed by atoms with Crippen LogP contribution in [0.2, 0.25) is 0 Å². The summed E-state index contributed by atoms with van der Waals surface area (Å²) in [5.74, 6) is 0.888. The Hall–Kier alpha value is -3.40. The Kier molecular flexibility index (Phi) is 4.01. The third kappa shape index (κ3) is 2.75. The van der Waals surface area contributed by atoms with Gasteiger partial charge >= 0.3 is 0 Å². The molecule has 26 heavy (non-hydrogen) atoms. The van der Waals surface area contributed by atoms with Gasteiger partial charge in [-0.15, -0.1) is 0 Å². The standard InChI is InChI=1S/C22H18N2O2/c1-15(25)16-6-8-17(9-7-16)20-4-3-5-22-23-14-21(24(20)22)18-10-12-19(26-2)13-11-18/h3-14H,1-2H3. The van der Waals surface area contributed by atoms with Crippen LogP contribution in [0.25, 0.3) is 28.2 Å². The number of ketones is 1. The maximum absolute atomic E-state index is 11.5. The molecule has 0 bridgehead atoms. The topological polar surface area (TPSA) is 43.6 Å². The lowest BCUT2D eigenvalue weighted by atomic mass is 10.1. The number of hydrogen-bond acceptors (Lipinski definition) is 3. The van der Waals surface area contributed by atoms with E-state index in [-0.39, 0.29) is 5.78 Å². The molecule has 0 aliphatic carbocycles. The van der Waals surface area contributed by atoms with Gasteiger partial charge in [-0.2, -0.15) is 0 Å². The van der Waals surface area contributed by atoms with Crippen LogP contribution in [0.3, 0.4) is 0 Å². The summed E-state index contributed by atoms with van der Waals surface area (Å²) in [4.78, 5) is 16.1. The number of imidazole rings is 1. The number of hydrogen-bond donors (Lipinski definition) is 0. The van der Waals surface area contributed by atoms with E-state index < -0.39 is 0 Å². The summed E-state index contributed by atoms with van der Waals surface area (Å²) in [5, 5.41) is 0. The van der Waals surface area contributed by atoms with Gasteiger partial charge < -0.3 is 4.74 Å². The summed E-state index contributed by atoms with van der Waals surface area (Å²) < 4.78 is 7.38. The highest BCUT2D eigenvalue weighted by molar-refractivity contribution is 5.94. The third-order valence-electron chi connectivity index (χ3n) is 4.50. The molecule has 4 heteroatoms. The quantitative estimate of drug-likeness (QED) is 0.497. The fourth-order valence-electron chi connectivity index (χ4n) is 3.10. The van der Waals surface area contributed by atoms with Crippen LogP contribution in [0.1, 0.15) is 17.3 Å². The van der Waals surface area contributed by atoms with E-state index in [9.17, 15) is 4.79 Å². The number of fused-ring (bicyclic) bond motifs is 1. The normalized spacial score (nSPS) is 10.8. The van der Waals surface area contributed by atoms with Crippen LogP contribution in [-0.4, -0.2) is 22.3 Å². The molecule has 0 spiro atoms. The Morgan fingerprint density at radius 3 is 2.19 bits per heavy atom. The van der Waals surface area contributed by atoms with Gasteiger partial charge in [0.1, 0.15) is 11.4 Å². The van der Waals surface area contributed by atoms with Gasteiger partial charge in [0.25, 0.3) is 0 Å². The number of carbonyl (C=O) groups is 1. The predicted octanol–water partition coefficient (Wildman–Crippen LogP) is 4.88. The van der Waals surface area contributed by atoms with Crippen LogP contribution in [0.4, 0.5) is 0 Å². The van der Waals surface area contributed by atoms with E-state index in [2.05, 4.69) is 15.5 Å². The number of ether oxygens (including phenoxy) is 1. The summed E-state index contributed by atoms with van der Waals surface area (Å²) >= 11 is 0. The smallest absolute Gasteiger partial charge is 0.159 e. The fourth-order valence-corrected chi connectivity index (χ4v) is 3.10. The lowest BCUT2D eigenvalue weighted by Gasteiger charge is -2.10. The van der Waals surface area contributed by atoms with Crippen LogP contribution in [0, 0.1) is 0 Å². The van der Waals surface area contributed by atoms with E-state index in [1.165, 1.54) is 0 Å². The highest BCUT2D eigenvalue weighted by Gasteiger charge is 2.11. The van der Waals surface area contributed by atoms with Crippen molar-refractivity contribution in [2.75, 3.05) is 7.11 Å². The number of Topliss-reactive ketones (excluding diaryl/α,β-unsaturated/α-hetero) is 1. The SMILES string of the molecule is COc1ccc(-c2cnc3cccc(-c4ccc(C(C)=O)cc4)n23)cc1. The first kappa shape index (κ1) is 16.1. The summed E-state index contributed by atoms with van der Waals surface area (Å²) in [7, 11) is 1.66. The summed E-state index contributed by atoms with van der Waals surface area (Å²) in [6.07, 6.45) is 1.88. The molecular formula is C22H18N2O2. The molecule has 0 atom stereocenters. The lowest BCUT2D eigenvalue weighted by Crippen LogP contribution is -1.96. The lowest BCUT2D eigenvalue weighted by molar-refractivity contribution is 0.101. The van der Waals surface area contributed by atoms with E-state index in [0.29, 0.717) is 5.56 Å². The van der Waals surface area contributed by atoms with Crippen molar-refractivity contribution in [1.29, 1.82) is 0 Å². The fraction of sp³-hybridized carbons (Fsp3) is 0.0909. The molecule has 128 valence electrons. The summed E-state index contributed by atoms with van der Waals surface area (Å²) in [5.41, 5.74) is 5.72. The van der Waals surface area contributed by atoms with Crippen LogP contribution in [0.15, 0.2) is 72.9 Å². The predicted molar refractivity (Wildman–Crippen MR) is 103 cm³/mol. The Bertz CT molecular complexity index is 1080. The average molecular weight is 342 g/mol. The molecule has 4 aromatic rings. The van der Waals surface area contributed by atoms with Gasteiger partial charge in [-0.05, 0) is 48.9 Å². The van der Waals surface area contributed by atoms with E-state index in [1.54, 1.807) is 14.0 Å². The summed E-state index contributed by atoms with van der Waals surface area (Å²) in [6, 6.07) is 21.7. The maximum atomic E-state index is 11.5. The van der Waals surface area contributed by atoms with Gasteiger partial charge in [0.05, 0.1) is 24.7 Å². The molecule has 0 aliphatic rings. The van der Waals surface area contributed by atoms with Gasteiger partial charge in [-0.25, -0.2) is 4.98 Å². The molecule has 0 radical (unpaired) electrons. The molecule has 0 fully saturated rings. The molecule has 0 unspecified atom stereocenters. The Morgan fingerprint density at radius 1 is 0.885 bits per heavy atom. The number of methoxy groups -OCH3 is 1. The second-order valence-electron chi connectivity index (χ2n) is 6.11. The van der Waals surface area contributed by atoms with Crippen molar-refractivity contribution < 1.29 is 9.53 Å². The molecule has 4 nitrogen and oxygen atoms in total. The minimum atomic E-state index is 0.0660. The molecule has 2 aromatic carbocycles. The molecule has 2 heterocycles. The van der Waals surface area contributed by atoms with Crippen molar-refractivity contribution in [3.05, 3.63) is 78.5 Å². The van der Waals surface area contributed by atoms with Crippen molar-refractivity contribution in [1.82, 2.24) is 9.38 Å². The molecule has 0 N–H and O–H groups in total. The minimum Gasteiger partial charge on any atom is -0.497 e. The molecule has 4 rings (SSSR count). The minimum absolute atomic E-state index is 0.0660. The highest BCUT2D eigenvalue weighted by Crippen LogP contribution is 2.29. The Balaban J connectivity index is 1.87. The number of carbonyl (C=O) groups excluding carboxylic acids is 1. The molecular weight excluding hydrogens is 324 g/mol. The van der Waals surface area contributed by atoms with Crippen molar-refractivity contribution in [3.8, 4) is 28.3 Å². The van der Waals surface area contributed by atoms with E-state index >= 15 is 0 Å². The van der Waals surface area contributed by atoms with E-state index in [0.717, 1.165) is 33.9 Å². The zero-order valence-corrected chi connectivity index (χ0v) is 14.6. The first-order valence-electron chi connectivity index (χ1n) is 8.39. The van der Waals surface area contributed by atoms with Crippen LogP contribution in [0.5, 0.6) is 5.75 Å². The van der Waals surface area contributed by atoms with Gasteiger partial charge in [-0.3, -0.25) is 9.20 Å². The maximum Gasteiger partial charge on any atom is 0.159 e. The average Bonchev–Trinajstić information content (AvgIpc) is 3.12. The van der Waals surface area contributed by atoms with Crippen molar-refractivity contribution in [2.45, 2.75) is 6.92 Å². The largest absolute Gasteiger partial charge is 0.497 e. The van der Waals surface area contributed by atoms with E-state index in [4.69, 9.17) is 4.74 Å². The number of aromatic nitrogens is 2. The number of rotatable bonds is 4.